The minimum absolute atomic E-state index is 0.797. The summed E-state index contributed by atoms with van der Waals surface area (Å²) in [4.78, 5) is 0. The molecule has 1 aliphatic rings. The lowest BCUT2D eigenvalue weighted by molar-refractivity contribution is 0.267. The van der Waals surface area contributed by atoms with Crippen LogP contribution in [-0.4, -0.2) is 8.07 Å². The molecule has 0 saturated heterocycles. The Balaban J connectivity index is 2.32. The average Bonchev–Trinajstić information content (AvgIpc) is 2.02. The molecule has 0 radical (unpaired) electrons. The Morgan fingerprint density at radius 1 is 1.07 bits per heavy atom. The Morgan fingerprint density at radius 2 is 1.71 bits per heavy atom. The van der Waals surface area contributed by atoms with E-state index in [-0.39, 0.29) is 0 Å². The second-order valence-electron chi connectivity index (χ2n) is 6.45. The van der Waals surface area contributed by atoms with Gasteiger partial charge in [0.05, 0.1) is 0 Å². The van der Waals surface area contributed by atoms with Crippen LogP contribution in [0.25, 0.3) is 0 Å². The smallest absolute Gasteiger partial charge is 0.0445 e. The van der Waals surface area contributed by atoms with Gasteiger partial charge in [-0.25, -0.2) is 0 Å². The summed E-state index contributed by atoms with van der Waals surface area (Å²) in [6, 6.07) is 1.58. The molecule has 1 heteroatoms. The molecule has 0 nitrogen and oxygen atoms in total. The second kappa shape index (κ2) is 5.34. The van der Waals surface area contributed by atoms with Gasteiger partial charge in [0, 0.05) is 8.07 Å². The van der Waals surface area contributed by atoms with Crippen LogP contribution in [0.4, 0.5) is 0 Å². The lowest BCUT2D eigenvalue weighted by atomic mass is 9.80. The van der Waals surface area contributed by atoms with Crippen molar-refractivity contribution in [1.82, 2.24) is 0 Å². The predicted molar refractivity (Wildman–Crippen MR) is 68.5 cm³/mol. The third-order valence-electron chi connectivity index (χ3n) is 3.49. The Labute approximate surface area is 91.5 Å². The quantitative estimate of drug-likeness (QED) is 0.580. The molecule has 0 bridgehead atoms. The van der Waals surface area contributed by atoms with E-state index in [1.807, 2.05) is 0 Å². The third-order valence-corrected chi connectivity index (χ3v) is 5.29. The number of rotatable bonds is 4. The molecule has 0 spiro atoms. The first kappa shape index (κ1) is 12.3. The maximum absolute atomic E-state index is 2.52. The van der Waals surface area contributed by atoms with Crippen LogP contribution in [0.3, 0.4) is 0 Å². The van der Waals surface area contributed by atoms with Crippen molar-refractivity contribution in [2.24, 2.45) is 11.8 Å². The minimum Gasteiger partial charge on any atom is -0.0695 e. The Kier molecular flexibility index (Phi) is 4.69. The molecule has 0 aromatic rings. The third kappa shape index (κ3) is 4.63. The highest BCUT2D eigenvalue weighted by molar-refractivity contribution is 6.76. The lowest BCUT2D eigenvalue weighted by Crippen LogP contribution is -2.27. The van der Waals surface area contributed by atoms with Crippen molar-refractivity contribution >= 4 is 8.07 Å². The molecule has 0 aromatic heterocycles. The SMILES string of the molecule is CCCC1CCCC(C[Si](C)(C)C)C1. The van der Waals surface area contributed by atoms with Crippen LogP contribution in [0, 0.1) is 11.8 Å². The molecular formula is C13H28Si. The molecule has 14 heavy (non-hydrogen) atoms. The monoisotopic (exact) mass is 212 g/mol. The van der Waals surface area contributed by atoms with Crippen molar-refractivity contribution in [3.63, 3.8) is 0 Å². The van der Waals surface area contributed by atoms with E-state index in [2.05, 4.69) is 26.6 Å². The van der Waals surface area contributed by atoms with Gasteiger partial charge in [-0.05, 0) is 18.3 Å². The van der Waals surface area contributed by atoms with E-state index >= 15 is 0 Å². The predicted octanol–water partition coefficient (Wildman–Crippen LogP) is 4.93. The summed E-state index contributed by atoms with van der Waals surface area (Å²) in [5.74, 6) is 2.17. The summed E-state index contributed by atoms with van der Waals surface area (Å²) < 4.78 is 0. The molecule has 1 fully saturated rings. The van der Waals surface area contributed by atoms with Gasteiger partial charge in [-0.2, -0.15) is 0 Å². The zero-order valence-electron chi connectivity index (χ0n) is 10.6. The molecule has 0 aromatic carbocycles. The fourth-order valence-corrected chi connectivity index (χ4v) is 5.23. The first-order valence-corrected chi connectivity index (χ1v) is 10.2. The molecule has 0 heterocycles. The van der Waals surface area contributed by atoms with Gasteiger partial charge in [0.1, 0.15) is 0 Å². The van der Waals surface area contributed by atoms with E-state index in [0.29, 0.717) is 0 Å². The molecule has 1 rings (SSSR count). The van der Waals surface area contributed by atoms with Crippen LogP contribution in [0.2, 0.25) is 25.7 Å². The first-order chi connectivity index (χ1) is 6.51. The van der Waals surface area contributed by atoms with E-state index < -0.39 is 8.07 Å². The normalized spacial score (nSPS) is 29.1. The minimum atomic E-state index is -0.797. The van der Waals surface area contributed by atoms with Gasteiger partial charge in [-0.15, -0.1) is 0 Å². The number of hydrogen-bond acceptors (Lipinski definition) is 0. The van der Waals surface area contributed by atoms with Crippen molar-refractivity contribution in [3.8, 4) is 0 Å². The van der Waals surface area contributed by atoms with Gasteiger partial charge in [0.15, 0.2) is 0 Å². The van der Waals surface area contributed by atoms with Crippen molar-refractivity contribution in [2.45, 2.75) is 71.1 Å². The summed E-state index contributed by atoms with van der Waals surface area (Å²) in [7, 11) is -0.797. The highest BCUT2D eigenvalue weighted by atomic mass is 28.3. The molecule has 0 N–H and O–H groups in total. The zero-order valence-corrected chi connectivity index (χ0v) is 11.6. The van der Waals surface area contributed by atoms with Crippen LogP contribution in [0.5, 0.6) is 0 Å². The fraction of sp³-hybridized carbons (Fsp3) is 1.00. The summed E-state index contributed by atoms with van der Waals surface area (Å²) in [5.41, 5.74) is 0. The van der Waals surface area contributed by atoms with Crippen LogP contribution in [-0.2, 0) is 0 Å². The molecular weight excluding hydrogens is 184 g/mol. The topological polar surface area (TPSA) is 0 Å². The van der Waals surface area contributed by atoms with E-state index in [1.165, 1.54) is 32.1 Å². The zero-order chi connectivity index (χ0) is 10.6. The van der Waals surface area contributed by atoms with Gasteiger partial charge in [-0.3, -0.25) is 0 Å². The summed E-state index contributed by atoms with van der Waals surface area (Å²) in [5, 5.41) is 0. The lowest BCUT2D eigenvalue weighted by Gasteiger charge is -2.32. The highest BCUT2D eigenvalue weighted by Crippen LogP contribution is 2.36. The molecule has 0 amide bonds. The van der Waals surface area contributed by atoms with E-state index in [0.717, 1.165) is 11.8 Å². The summed E-state index contributed by atoms with van der Waals surface area (Å²) in [6.45, 7) is 9.91. The van der Waals surface area contributed by atoms with Gasteiger partial charge >= 0.3 is 0 Å². The Hall–Kier alpha value is 0.217. The molecule has 1 saturated carbocycles. The average molecular weight is 212 g/mol. The van der Waals surface area contributed by atoms with E-state index in [4.69, 9.17) is 0 Å². The van der Waals surface area contributed by atoms with Crippen molar-refractivity contribution in [3.05, 3.63) is 0 Å². The largest absolute Gasteiger partial charge is 0.0695 e. The van der Waals surface area contributed by atoms with Gasteiger partial charge < -0.3 is 0 Å². The van der Waals surface area contributed by atoms with E-state index in [1.54, 1.807) is 12.5 Å². The standard InChI is InChI=1S/C13H28Si/c1-5-7-12-8-6-9-13(10-12)11-14(2,3)4/h12-13H,5-11H2,1-4H3. The second-order valence-corrected chi connectivity index (χ2v) is 12.0. The van der Waals surface area contributed by atoms with E-state index in [9.17, 15) is 0 Å². The highest BCUT2D eigenvalue weighted by Gasteiger charge is 2.25. The molecule has 2 atom stereocenters. The fourth-order valence-electron chi connectivity index (χ4n) is 3.12. The van der Waals surface area contributed by atoms with Crippen LogP contribution < -0.4 is 0 Å². The van der Waals surface area contributed by atoms with Crippen molar-refractivity contribution in [2.75, 3.05) is 0 Å². The van der Waals surface area contributed by atoms with Crippen LogP contribution in [0.1, 0.15) is 45.4 Å². The summed E-state index contributed by atoms with van der Waals surface area (Å²) in [6.07, 6.45) is 9.00. The molecule has 2 unspecified atom stereocenters. The Morgan fingerprint density at radius 3 is 2.29 bits per heavy atom. The maximum atomic E-state index is 2.52. The van der Waals surface area contributed by atoms with Crippen LogP contribution >= 0.6 is 0 Å². The molecule has 0 aliphatic heterocycles. The van der Waals surface area contributed by atoms with Crippen LogP contribution in [0.15, 0.2) is 0 Å². The van der Waals surface area contributed by atoms with Gasteiger partial charge in [-0.1, -0.05) is 64.7 Å². The first-order valence-electron chi connectivity index (χ1n) is 6.51. The van der Waals surface area contributed by atoms with Gasteiger partial charge in [0.2, 0.25) is 0 Å². The molecule has 84 valence electrons. The summed E-state index contributed by atoms with van der Waals surface area (Å²) >= 11 is 0. The van der Waals surface area contributed by atoms with Gasteiger partial charge in [0.25, 0.3) is 0 Å². The van der Waals surface area contributed by atoms with Crippen molar-refractivity contribution in [1.29, 1.82) is 0 Å². The Bertz CT molecular complexity index is 155. The maximum Gasteiger partial charge on any atom is 0.0445 e. The van der Waals surface area contributed by atoms with Crippen molar-refractivity contribution < 1.29 is 0 Å². The molecule has 1 aliphatic carbocycles. The number of hydrogen-bond donors (Lipinski definition) is 0.